The van der Waals surface area contributed by atoms with Gasteiger partial charge in [-0.2, -0.15) is 0 Å². The van der Waals surface area contributed by atoms with E-state index in [4.69, 9.17) is 10.5 Å². The Balaban J connectivity index is 1.74. The summed E-state index contributed by atoms with van der Waals surface area (Å²) in [7, 11) is 1.74. The second-order valence-electron chi connectivity index (χ2n) is 4.99. The number of amides is 1. The van der Waals surface area contributed by atoms with Crippen LogP contribution < -0.4 is 16.4 Å². The van der Waals surface area contributed by atoms with Gasteiger partial charge in [0.25, 0.3) is 0 Å². The number of anilines is 3. The first-order chi connectivity index (χ1) is 8.65. The molecule has 2 aliphatic rings. The average molecular weight is 247 g/mol. The molecule has 0 bridgehead atoms. The summed E-state index contributed by atoms with van der Waals surface area (Å²) in [6.07, 6.45) is 2.78. The van der Waals surface area contributed by atoms with Gasteiger partial charge >= 0.3 is 0 Å². The standard InChI is InChI=1S/C13H17N3O2/c1-18-9-4-8(5-9)15-12-6-11-7(2-10(12)14)3-13(17)16-11/h2,6,8-9,15H,3-5,14H2,1H3,(H,16,17). The summed E-state index contributed by atoms with van der Waals surface area (Å²) in [6, 6.07) is 4.21. The molecular weight excluding hydrogens is 230 g/mol. The number of methoxy groups -OCH3 is 1. The minimum absolute atomic E-state index is 0.0321. The first-order valence-corrected chi connectivity index (χ1v) is 6.17. The zero-order chi connectivity index (χ0) is 12.7. The molecule has 1 fully saturated rings. The van der Waals surface area contributed by atoms with Gasteiger partial charge in [-0.25, -0.2) is 0 Å². The first kappa shape index (κ1) is 11.3. The molecule has 0 radical (unpaired) electrons. The molecule has 18 heavy (non-hydrogen) atoms. The summed E-state index contributed by atoms with van der Waals surface area (Å²) in [6.45, 7) is 0. The lowest BCUT2D eigenvalue weighted by Gasteiger charge is -2.35. The number of benzene rings is 1. The molecule has 0 unspecified atom stereocenters. The number of rotatable bonds is 3. The van der Waals surface area contributed by atoms with Gasteiger partial charge in [0.1, 0.15) is 0 Å². The highest BCUT2D eigenvalue weighted by atomic mass is 16.5. The predicted octanol–water partition coefficient (Wildman–Crippen LogP) is 1.35. The molecule has 5 nitrogen and oxygen atoms in total. The van der Waals surface area contributed by atoms with Crippen LogP contribution in [0.3, 0.4) is 0 Å². The Hall–Kier alpha value is -1.75. The Morgan fingerprint density at radius 1 is 1.44 bits per heavy atom. The van der Waals surface area contributed by atoms with Gasteiger partial charge in [-0.05, 0) is 30.5 Å². The second kappa shape index (κ2) is 4.17. The highest BCUT2D eigenvalue weighted by Crippen LogP contribution is 2.34. The SMILES string of the molecule is COC1CC(Nc2cc3c(cc2N)CC(=O)N3)C1. The van der Waals surface area contributed by atoms with Crippen molar-refractivity contribution in [1.82, 2.24) is 0 Å². The molecule has 5 heteroatoms. The van der Waals surface area contributed by atoms with E-state index in [0.717, 1.165) is 29.8 Å². The number of nitrogens with two attached hydrogens (primary N) is 1. The minimum Gasteiger partial charge on any atom is -0.397 e. The van der Waals surface area contributed by atoms with E-state index in [1.54, 1.807) is 7.11 Å². The topological polar surface area (TPSA) is 76.4 Å². The van der Waals surface area contributed by atoms with Gasteiger partial charge in [-0.1, -0.05) is 0 Å². The Morgan fingerprint density at radius 2 is 2.22 bits per heavy atom. The molecule has 0 saturated heterocycles. The van der Waals surface area contributed by atoms with E-state index < -0.39 is 0 Å². The molecule has 1 heterocycles. The van der Waals surface area contributed by atoms with Gasteiger partial charge in [0.2, 0.25) is 5.91 Å². The zero-order valence-electron chi connectivity index (χ0n) is 10.3. The van der Waals surface area contributed by atoms with E-state index >= 15 is 0 Å². The van der Waals surface area contributed by atoms with Crippen molar-refractivity contribution in [3.8, 4) is 0 Å². The number of hydrogen-bond acceptors (Lipinski definition) is 4. The lowest BCUT2D eigenvalue weighted by molar-refractivity contribution is -0.115. The minimum atomic E-state index is 0.0321. The quantitative estimate of drug-likeness (QED) is 0.705. The molecule has 1 aromatic carbocycles. The van der Waals surface area contributed by atoms with E-state index in [1.165, 1.54) is 0 Å². The van der Waals surface area contributed by atoms with Crippen molar-refractivity contribution in [2.75, 3.05) is 23.5 Å². The summed E-state index contributed by atoms with van der Waals surface area (Å²) in [5.41, 5.74) is 9.45. The monoisotopic (exact) mass is 247 g/mol. The predicted molar refractivity (Wildman–Crippen MR) is 70.6 cm³/mol. The number of nitrogens with one attached hydrogen (secondary N) is 2. The summed E-state index contributed by atoms with van der Waals surface area (Å²) in [4.78, 5) is 11.3. The summed E-state index contributed by atoms with van der Waals surface area (Å²) in [5, 5.41) is 6.23. The van der Waals surface area contributed by atoms with Crippen LogP contribution in [0.2, 0.25) is 0 Å². The van der Waals surface area contributed by atoms with E-state index in [1.807, 2.05) is 12.1 Å². The van der Waals surface area contributed by atoms with Gasteiger partial charge in [0.05, 0.1) is 23.9 Å². The maximum Gasteiger partial charge on any atom is 0.228 e. The molecule has 96 valence electrons. The average Bonchev–Trinajstić information content (AvgIpc) is 2.62. The molecule has 0 atom stereocenters. The normalized spacial score (nSPS) is 25.3. The molecule has 1 amide bonds. The van der Waals surface area contributed by atoms with Crippen LogP contribution >= 0.6 is 0 Å². The molecule has 0 spiro atoms. The van der Waals surface area contributed by atoms with Crippen molar-refractivity contribution in [2.45, 2.75) is 31.4 Å². The van der Waals surface area contributed by atoms with E-state index in [0.29, 0.717) is 24.3 Å². The van der Waals surface area contributed by atoms with Crippen molar-refractivity contribution in [3.05, 3.63) is 17.7 Å². The largest absolute Gasteiger partial charge is 0.397 e. The van der Waals surface area contributed by atoms with Crippen LogP contribution in [0.25, 0.3) is 0 Å². The fourth-order valence-corrected chi connectivity index (χ4v) is 2.51. The highest BCUT2D eigenvalue weighted by molar-refractivity contribution is 6.00. The highest BCUT2D eigenvalue weighted by Gasteiger charge is 2.29. The van der Waals surface area contributed by atoms with Gasteiger partial charge in [-0.15, -0.1) is 0 Å². The third kappa shape index (κ3) is 1.90. The van der Waals surface area contributed by atoms with Crippen LogP contribution in [0.15, 0.2) is 12.1 Å². The van der Waals surface area contributed by atoms with Crippen molar-refractivity contribution < 1.29 is 9.53 Å². The molecule has 3 rings (SSSR count). The van der Waals surface area contributed by atoms with Gasteiger partial charge in [-0.3, -0.25) is 4.79 Å². The van der Waals surface area contributed by atoms with Crippen molar-refractivity contribution in [2.24, 2.45) is 0 Å². The number of carbonyl (C=O) groups is 1. The Kier molecular flexibility index (Phi) is 2.63. The number of hydrogen-bond donors (Lipinski definition) is 3. The van der Waals surface area contributed by atoms with Crippen molar-refractivity contribution in [3.63, 3.8) is 0 Å². The van der Waals surface area contributed by atoms with E-state index in [2.05, 4.69) is 10.6 Å². The van der Waals surface area contributed by atoms with Crippen molar-refractivity contribution >= 4 is 23.0 Å². The van der Waals surface area contributed by atoms with Crippen LogP contribution in [0.5, 0.6) is 0 Å². The Morgan fingerprint density at radius 3 is 2.94 bits per heavy atom. The van der Waals surface area contributed by atoms with Crippen LogP contribution in [0.1, 0.15) is 18.4 Å². The molecule has 1 aromatic rings. The van der Waals surface area contributed by atoms with E-state index in [-0.39, 0.29) is 5.91 Å². The summed E-state index contributed by atoms with van der Waals surface area (Å²) >= 11 is 0. The fraction of sp³-hybridized carbons (Fsp3) is 0.462. The summed E-state index contributed by atoms with van der Waals surface area (Å²) in [5.74, 6) is 0.0321. The molecular formula is C13H17N3O2. The number of fused-ring (bicyclic) bond motifs is 1. The molecule has 1 saturated carbocycles. The summed E-state index contributed by atoms with van der Waals surface area (Å²) < 4.78 is 5.24. The number of ether oxygens (including phenoxy) is 1. The smallest absolute Gasteiger partial charge is 0.228 e. The van der Waals surface area contributed by atoms with Crippen LogP contribution in [-0.4, -0.2) is 25.2 Å². The van der Waals surface area contributed by atoms with Gasteiger partial charge < -0.3 is 21.1 Å². The van der Waals surface area contributed by atoms with Crippen LogP contribution in [0.4, 0.5) is 17.1 Å². The van der Waals surface area contributed by atoms with Crippen LogP contribution in [0, 0.1) is 0 Å². The zero-order valence-corrected chi connectivity index (χ0v) is 10.3. The lowest BCUT2D eigenvalue weighted by atomic mass is 9.89. The van der Waals surface area contributed by atoms with Gasteiger partial charge in [0, 0.05) is 18.8 Å². The molecule has 1 aliphatic heterocycles. The molecule has 1 aliphatic carbocycles. The van der Waals surface area contributed by atoms with Gasteiger partial charge in [0.15, 0.2) is 0 Å². The number of nitrogen functional groups attached to an aromatic ring is 1. The fourth-order valence-electron chi connectivity index (χ4n) is 2.51. The van der Waals surface area contributed by atoms with Crippen LogP contribution in [-0.2, 0) is 16.0 Å². The third-order valence-corrected chi connectivity index (χ3v) is 3.69. The van der Waals surface area contributed by atoms with E-state index in [9.17, 15) is 4.79 Å². The lowest BCUT2D eigenvalue weighted by Crippen LogP contribution is -2.40. The Labute approximate surface area is 106 Å². The molecule has 4 N–H and O–H groups in total. The Bertz CT molecular complexity index is 495. The maximum atomic E-state index is 11.3. The van der Waals surface area contributed by atoms with Crippen molar-refractivity contribution in [1.29, 1.82) is 0 Å². The molecule has 0 aromatic heterocycles. The number of carbonyl (C=O) groups excluding carboxylic acids is 1. The first-order valence-electron chi connectivity index (χ1n) is 6.17. The second-order valence-corrected chi connectivity index (χ2v) is 4.99. The maximum absolute atomic E-state index is 11.3. The third-order valence-electron chi connectivity index (χ3n) is 3.69.